The fourth-order valence-corrected chi connectivity index (χ4v) is 2.67. The third-order valence-corrected chi connectivity index (χ3v) is 4.59. The van der Waals surface area contributed by atoms with Crippen molar-refractivity contribution in [3.05, 3.63) is 34.9 Å². The molecule has 1 aromatic carbocycles. The van der Waals surface area contributed by atoms with Crippen LogP contribution in [-0.4, -0.2) is 58.9 Å². The summed E-state index contributed by atoms with van der Waals surface area (Å²) >= 11 is 7.54. The summed E-state index contributed by atoms with van der Waals surface area (Å²) in [7, 11) is 1.41. The van der Waals surface area contributed by atoms with Crippen LogP contribution in [0.2, 0.25) is 5.02 Å². The maximum Gasteiger partial charge on any atom is 0.326 e. The molecule has 24 heavy (non-hydrogen) atoms. The first kappa shape index (κ1) is 20.3. The predicted molar refractivity (Wildman–Crippen MR) is 95.6 cm³/mol. The average Bonchev–Trinajstić information content (AvgIpc) is 2.56. The lowest BCUT2D eigenvalue weighted by molar-refractivity contribution is -0.148. The van der Waals surface area contributed by atoms with Gasteiger partial charge < -0.3 is 15.3 Å². The molecule has 2 unspecified atom stereocenters. The van der Waals surface area contributed by atoms with Gasteiger partial charge in [-0.25, -0.2) is 4.79 Å². The third kappa shape index (κ3) is 5.42. The molecule has 1 aromatic rings. The minimum absolute atomic E-state index is 0.273. The zero-order valence-corrected chi connectivity index (χ0v) is 15.4. The summed E-state index contributed by atoms with van der Waals surface area (Å²) in [5, 5.41) is 12.0. The van der Waals surface area contributed by atoms with Crippen LogP contribution in [0, 0.1) is 0 Å². The minimum atomic E-state index is -1.10. The highest BCUT2D eigenvalue weighted by Crippen LogP contribution is 2.15. The van der Waals surface area contributed by atoms with Gasteiger partial charge in [-0.3, -0.25) is 9.59 Å². The molecule has 2 amide bonds. The highest BCUT2D eigenvalue weighted by molar-refractivity contribution is 7.98. The first-order valence-corrected chi connectivity index (χ1v) is 9.10. The largest absolute Gasteiger partial charge is 0.480 e. The molecule has 0 saturated heterocycles. The second-order valence-electron chi connectivity index (χ2n) is 5.25. The summed E-state index contributed by atoms with van der Waals surface area (Å²) in [6.45, 7) is 1.42. The number of hydrogen-bond acceptors (Lipinski definition) is 4. The Hall–Kier alpha value is -1.73. The van der Waals surface area contributed by atoms with Gasteiger partial charge in [-0.05, 0) is 37.5 Å². The number of nitrogens with zero attached hydrogens (tertiary/aromatic N) is 1. The number of nitrogens with one attached hydrogen (secondary N) is 1. The van der Waals surface area contributed by atoms with Crippen molar-refractivity contribution >= 4 is 41.1 Å². The van der Waals surface area contributed by atoms with Crippen LogP contribution in [0.15, 0.2) is 24.3 Å². The number of benzene rings is 1. The van der Waals surface area contributed by atoms with Crippen LogP contribution >= 0.6 is 23.4 Å². The van der Waals surface area contributed by atoms with Crippen molar-refractivity contribution in [2.45, 2.75) is 25.4 Å². The Labute approximate surface area is 150 Å². The van der Waals surface area contributed by atoms with E-state index >= 15 is 0 Å². The van der Waals surface area contributed by atoms with Gasteiger partial charge in [0.1, 0.15) is 12.1 Å². The molecule has 0 bridgehead atoms. The Morgan fingerprint density at radius 2 is 1.96 bits per heavy atom. The first-order valence-electron chi connectivity index (χ1n) is 7.33. The quantitative estimate of drug-likeness (QED) is 0.730. The van der Waals surface area contributed by atoms with Crippen LogP contribution in [0.3, 0.4) is 0 Å². The average molecular weight is 373 g/mol. The number of likely N-dealkylation sites (N-methyl/N-ethyl adjacent to an activating group) is 1. The molecule has 0 aliphatic carbocycles. The number of carboxylic acids is 1. The van der Waals surface area contributed by atoms with Crippen LogP contribution in [-0.2, 0) is 9.59 Å². The fraction of sp³-hybridized carbons (Fsp3) is 0.438. The number of thioether (sulfide) groups is 1. The monoisotopic (exact) mass is 372 g/mol. The van der Waals surface area contributed by atoms with Crippen molar-refractivity contribution in [3.8, 4) is 0 Å². The highest BCUT2D eigenvalue weighted by Gasteiger charge is 2.29. The maximum absolute atomic E-state index is 12.6. The smallest absolute Gasteiger partial charge is 0.326 e. The lowest BCUT2D eigenvalue weighted by Gasteiger charge is -2.27. The Bertz CT molecular complexity index is 611. The molecule has 0 aliphatic rings. The Balaban J connectivity index is 2.92. The van der Waals surface area contributed by atoms with E-state index in [1.165, 1.54) is 25.7 Å². The Morgan fingerprint density at radius 1 is 1.33 bits per heavy atom. The topological polar surface area (TPSA) is 86.7 Å². The van der Waals surface area contributed by atoms with E-state index in [0.29, 0.717) is 17.2 Å². The maximum atomic E-state index is 12.6. The van der Waals surface area contributed by atoms with E-state index in [2.05, 4.69) is 5.32 Å². The summed E-state index contributed by atoms with van der Waals surface area (Å²) in [5.74, 6) is -1.36. The number of carbonyl (C=O) groups excluding carboxylic acids is 2. The molecule has 0 heterocycles. The van der Waals surface area contributed by atoms with Gasteiger partial charge >= 0.3 is 5.97 Å². The van der Waals surface area contributed by atoms with Gasteiger partial charge in [-0.1, -0.05) is 23.7 Å². The highest BCUT2D eigenvalue weighted by atomic mass is 35.5. The van der Waals surface area contributed by atoms with Crippen LogP contribution in [0.1, 0.15) is 23.7 Å². The van der Waals surface area contributed by atoms with Crippen molar-refractivity contribution in [2.24, 2.45) is 0 Å². The number of rotatable bonds is 8. The third-order valence-electron chi connectivity index (χ3n) is 3.62. The van der Waals surface area contributed by atoms with E-state index in [1.807, 2.05) is 6.26 Å². The standard InChI is InChI=1S/C16H21ClN2O4S/c1-10(16(22)23)19(2)15(21)13(8-9-24-3)18-14(20)11-6-4-5-7-12(11)17/h4-7,10,13H,8-9H2,1-3H3,(H,18,20)(H,22,23). The summed E-state index contributed by atoms with van der Waals surface area (Å²) in [5.41, 5.74) is 0.273. The molecule has 132 valence electrons. The van der Waals surface area contributed by atoms with Crippen molar-refractivity contribution < 1.29 is 19.5 Å². The summed E-state index contributed by atoms with van der Waals surface area (Å²) in [6, 6.07) is 4.75. The van der Waals surface area contributed by atoms with E-state index in [9.17, 15) is 14.4 Å². The van der Waals surface area contributed by atoms with E-state index in [0.717, 1.165) is 4.90 Å². The van der Waals surface area contributed by atoms with Gasteiger partial charge in [0.2, 0.25) is 5.91 Å². The first-order chi connectivity index (χ1) is 11.3. The van der Waals surface area contributed by atoms with Gasteiger partial charge in [0.25, 0.3) is 5.91 Å². The molecule has 0 aromatic heterocycles. The van der Waals surface area contributed by atoms with Crippen molar-refractivity contribution in [1.82, 2.24) is 10.2 Å². The molecule has 0 saturated carbocycles. The van der Waals surface area contributed by atoms with Gasteiger partial charge in [0.05, 0.1) is 10.6 Å². The van der Waals surface area contributed by atoms with Crippen LogP contribution in [0.5, 0.6) is 0 Å². The lowest BCUT2D eigenvalue weighted by Crippen LogP contribution is -2.51. The molecule has 2 N–H and O–H groups in total. The van der Waals surface area contributed by atoms with Gasteiger partial charge in [-0.15, -0.1) is 0 Å². The molecular formula is C16H21ClN2O4S. The van der Waals surface area contributed by atoms with E-state index in [-0.39, 0.29) is 5.56 Å². The zero-order valence-electron chi connectivity index (χ0n) is 13.8. The molecule has 0 spiro atoms. The number of carboxylic acid groups (broad SMARTS) is 1. The van der Waals surface area contributed by atoms with Gasteiger partial charge in [0, 0.05) is 7.05 Å². The minimum Gasteiger partial charge on any atom is -0.480 e. The van der Waals surface area contributed by atoms with E-state index in [4.69, 9.17) is 16.7 Å². The van der Waals surface area contributed by atoms with Crippen LogP contribution in [0.4, 0.5) is 0 Å². The van der Waals surface area contributed by atoms with Crippen molar-refractivity contribution in [2.75, 3.05) is 19.1 Å². The van der Waals surface area contributed by atoms with Crippen LogP contribution in [0.25, 0.3) is 0 Å². The molecule has 6 nitrogen and oxygen atoms in total. The number of amides is 2. The number of aliphatic carboxylic acids is 1. The number of hydrogen-bond donors (Lipinski definition) is 2. The Kier molecular flexibility index (Phi) is 8.07. The fourth-order valence-electron chi connectivity index (χ4n) is 1.98. The number of halogens is 1. The van der Waals surface area contributed by atoms with Crippen molar-refractivity contribution in [1.29, 1.82) is 0 Å². The van der Waals surface area contributed by atoms with Gasteiger partial charge in [-0.2, -0.15) is 11.8 Å². The van der Waals surface area contributed by atoms with Crippen molar-refractivity contribution in [3.63, 3.8) is 0 Å². The lowest BCUT2D eigenvalue weighted by atomic mass is 10.1. The summed E-state index contributed by atoms with van der Waals surface area (Å²) in [4.78, 5) is 37.1. The van der Waals surface area contributed by atoms with E-state index in [1.54, 1.807) is 24.3 Å². The second kappa shape index (κ2) is 9.54. The molecule has 8 heteroatoms. The number of carbonyl (C=O) groups is 3. The molecule has 0 fully saturated rings. The zero-order chi connectivity index (χ0) is 18.3. The molecule has 0 radical (unpaired) electrons. The molecule has 1 rings (SSSR count). The second-order valence-corrected chi connectivity index (χ2v) is 6.64. The molecular weight excluding hydrogens is 352 g/mol. The van der Waals surface area contributed by atoms with Crippen LogP contribution < -0.4 is 5.32 Å². The summed E-state index contributed by atoms with van der Waals surface area (Å²) in [6.07, 6.45) is 2.29. The van der Waals surface area contributed by atoms with E-state index < -0.39 is 29.9 Å². The molecule has 0 aliphatic heterocycles. The summed E-state index contributed by atoms with van der Waals surface area (Å²) < 4.78 is 0. The normalized spacial score (nSPS) is 13.0. The molecule has 2 atom stereocenters. The van der Waals surface area contributed by atoms with Gasteiger partial charge in [0.15, 0.2) is 0 Å². The Morgan fingerprint density at radius 3 is 2.50 bits per heavy atom. The SMILES string of the molecule is CSCCC(NC(=O)c1ccccc1Cl)C(=O)N(C)C(C)C(=O)O. The predicted octanol–water partition coefficient (Wildman–Crippen LogP) is 2.12.